The van der Waals surface area contributed by atoms with Gasteiger partial charge in [0.15, 0.2) is 5.54 Å². The summed E-state index contributed by atoms with van der Waals surface area (Å²) in [6, 6.07) is 18.2. The minimum absolute atomic E-state index is 0.00644. The number of aromatic nitrogens is 2. The maximum Gasteiger partial charge on any atom is 0.254 e. The molecule has 2 atom stereocenters. The number of piperazine rings is 1. The average molecular weight is 375 g/mol. The average Bonchev–Trinajstić information content (AvgIpc) is 3.50. The third-order valence-corrected chi connectivity index (χ3v) is 6.13. The molecule has 5 rings (SSSR count). The molecule has 4 heterocycles. The first-order chi connectivity index (χ1) is 13.8. The highest BCUT2D eigenvalue weighted by Crippen LogP contribution is 2.49. The minimum Gasteiger partial charge on any atom is -0.365 e. The number of hydrogen-bond acceptors (Lipinski definition) is 3. The predicted molar refractivity (Wildman–Crippen MR) is 109 cm³/mol. The molecule has 0 spiro atoms. The quantitative estimate of drug-likeness (QED) is 0.655. The van der Waals surface area contributed by atoms with Crippen LogP contribution in [0.2, 0.25) is 0 Å². The second-order valence-corrected chi connectivity index (χ2v) is 7.52. The van der Waals surface area contributed by atoms with Crippen molar-refractivity contribution >= 4 is 11.6 Å². The molecule has 0 saturated carbocycles. The Morgan fingerprint density at radius 1 is 0.893 bits per heavy atom. The molecule has 2 aliphatic rings. The molecule has 0 bridgehead atoms. The molecule has 2 fully saturated rings. The van der Waals surface area contributed by atoms with Crippen molar-refractivity contribution in [2.45, 2.75) is 11.5 Å². The van der Waals surface area contributed by atoms with Gasteiger partial charge in [-0.25, -0.2) is 0 Å². The molecule has 2 unspecified atom stereocenters. The summed E-state index contributed by atoms with van der Waals surface area (Å²) in [5.74, 6) is 0.148. The standard InChI is InChI=1S/C22H25N5O/c28-21-22(20-9-5-11-25-20,26-14-12-23-13-15-26)18(19-8-4-10-24-19)16-27(21)17-6-2-1-3-7-17/h1-11,18,23-25H,12-16H2. The normalized spacial score (nSPS) is 26.1. The Morgan fingerprint density at radius 3 is 2.32 bits per heavy atom. The Bertz CT molecular complexity index is 915. The number of carbonyl (C=O) groups is 1. The second kappa shape index (κ2) is 6.96. The van der Waals surface area contributed by atoms with Gasteiger partial charge in [0.1, 0.15) is 0 Å². The van der Waals surface area contributed by atoms with Crippen molar-refractivity contribution in [1.29, 1.82) is 0 Å². The highest BCUT2D eigenvalue weighted by Gasteiger charge is 2.60. The number of rotatable bonds is 4. The van der Waals surface area contributed by atoms with Crippen LogP contribution in [0.5, 0.6) is 0 Å². The van der Waals surface area contributed by atoms with Crippen LogP contribution < -0.4 is 10.2 Å². The van der Waals surface area contributed by atoms with E-state index in [2.05, 4.69) is 32.3 Å². The van der Waals surface area contributed by atoms with Gasteiger partial charge in [-0.15, -0.1) is 0 Å². The van der Waals surface area contributed by atoms with Gasteiger partial charge in [-0.05, 0) is 36.4 Å². The summed E-state index contributed by atoms with van der Waals surface area (Å²) >= 11 is 0. The fourth-order valence-corrected chi connectivity index (χ4v) is 4.88. The van der Waals surface area contributed by atoms with E-state index in [4.69, 9.17) is 0 Å². The van der Waals surface area contributed by atoms with Crippen LogP contribution in [0, 0.1) is 0 Å². The molecule has 3 N–H and O–H groups in total. The van der Waals surface area contributed by atoms with Crippen LogP contribution in [0.25, 0.3) is 0 Å². The molecule has 6 nitrogen and oxygen atoms in total. The number of carbonyl (C=O) groups excluding carboxylic acids is 1. The molecule has 2 saturated heterocycles. The first-order valence-corrected chi connectivity index (χ1v) is 9.92. The third kappa shape index (κ3) is 2.52. The van der Waals surface area contributed by atoms with E-state index in [0.29, 0.717) is 6.54 Å². The van der Waals surface area contributed by atoms with Crippen molar-refractivity contribution in [2.75, 3.05) is 37.6 Å². The van der Waals surface area contributed by atoms with Crippen molar-refractivity contribution in [1.82, 2.24) is 20.2 Å². The molecule has 144 valence electrons. The van der Waals surface area contributed by atoms with Gasteiger partial charge in [-0.3, -0.25) is 9.69 Å². The monoisotopic (exact) mass is 375 g/mol. The van der Waals surface area contributed by atoms with Crippen LogP contribution in [-0.4, -0.2) is 53.5 Å². The van der Waals surface area contributed by atoms with Gasteiger partial charge >= 0.3 is 0 Å². The maximum atomic E-state index is 14.2. The number of amides is 1. The summed E-state index contributed by atoms with van der Waals surface area (Å²) < 4.78 is 0. The van der Waals surface area contributed by atoms with Crippen LogP contribution in [-0.2, 0) is 10.3 Å². The fraction of sp³-hybridized carbons (Fsp3) is 0.318. The van der Waals surface area contributed by atoms with Gasteiger partial charge in [-0.2, -0.15) is 0 Å². The van der Waals surface area contributed by atoms with Crippen molar-refractivity contribution in [3.05, 3.63) is 78.4 Å². The lowest BCUT2D eigenvalue weighted by Crippen LogP contribution is -2.60. The number of para-hydroxylation sites is 1. The molecule has 2 aliphatic heterocycles. The molecule has 2 aromatic heterocycles. The van der Waals surface area contributed by atoms with Gasteiger partial charge in [0.05, 0.1) is 5.92 Å². The van der Waals surface area contributed by atoms with E-state index >= 15 is 0 Å². The molecular formula is C22H25N5O. The van der Waals surface area contributed by atoms with Gasteiger partial charge in [0, 0.05) is 62.2 Å². The Kier molecular flexibility index (Phi) is 4.30. The van der Waals surface area contributed by atoms with Gasteiger partial charge < -0.3 is 20.2 Å². The molecule has 3 aromatic rings. The summed E-state index contributed by atoms with van der Waals surface area (Å²) in [4.78, 5) is 25.3. The second-order valence-electron chi connectivity index (χ2n) is 7.52. The zero-order chi connectivity index (χ0) is 19.0. The Balaban J connectivity index is 1.69. The molecule has 1 amide bonds. The molecule has 1 aromatic carbocycles. The highest BCUT2D eigenvalue weighted by molar-refractivity contribution is 6.04. The van der Waals surface area contributed by atoms with E-state index in [9.17, 15) is 4.79 Å². The van der Waals surface area contributed by atoms with E-state index in [1.54, 1.807) is 0 Å². The molecule has 28 heavy (non-hydrogen) atoms. The molecular weight excluding hydrogens is 350 g/mol. The van der Waals surface area contributed by atoms with E-state index < -0.39 is 5.54 Å². The van der Waals surface area contributed by atoms with Gasteiger partial charge in [-0.1, -0.05) is 18.2 Å². The summed E-state index contributed by atoms with van der Waals surface area (Å²) in [5, 5.41) is 3.42. The largest absolute Gasteiger partial charge is 0.365 e. The van der Waals surface area contributed by atoms with Crippen molar-refractivity contribution in [3.63, 3.8) is 0 Å². The van der Waals surface area contributed by atoms with Crippen LogP contribution in [0.4, 0.5) is 5.69 Å². The number of H-pyrrole nitrogens is 2. The highest BCUT2D eigenvalue weighted by atomic mass is 16.2. The SMILES string of the molecule is O=C1N(c2ccccc2)CC(c2ccc[nH]2)C1(c1ccc[nH]1)N1CCNCC1. The Hall–Kier alpha value is -2.83. The molecule has 6 heteroatoms. The van der Waals surface area contributed by atoms with Crippen molar-refractivity contribution in [2.24, 2.45) is 0 Å². The van der Waals surface area contributed by atoms with Crippen LogP contribution in [0.1, 0.15) is 17.3 Å². The zero-order valence-electron chi connectivity index (χ0n) is 15.8. The fourth-order valence-electron chi connectivity index (χ4n) is 4.88. The number of benzene rings is 1. The smallest absolute Gasteiger partial charge is 0.254 e. The van der Waals surface area contributed by atoms with Crippen LogP contribution in [0.3, 0.4) is 0 Å². The third-order valence-electron chi connectivity index (χ3n) is 6.13. The van der Waals surface area contributed by atoms with E-state index in [0.717, 1.165) is 43.3 Å². The number of hydrogen-bond donors (Lipinski definition) is 3. The number of anilines is 1. The van der Waals surface area contributed by atoms with E-state index in [1.807, 2.05) is 59.8 Å². The van der Waals surface area contributed by atoms with Crippen molar-refractivity contribution < 1.29 is 4.79 Å². The first-order valence-electron chi connectivity index (χ1n) is 9.92. The lowest BCUT2D eigenvalue weighted by atomic mass is 9.79. The van der Waals surface area contributed by atoms with Crippen molar-refractivity contribution in [3.8, 4) is 0 Å². The van der Waals surface area contributed by atoms with Gasteiger partial charge in [0.2, 0.25) is 0 Å². The number of nitrogens with zero attached hydrogens (tertiary/aromatic N) is 2. The molecule has 0 aliphatic carbocycles. The number of aromatic amines is 2. The lowest BCUT2D eigenvalue weighted by molar-refractivity contribution is -0.130. The molecule has 0 radical (unpaired) electrons. The summed E-state index contributed by atoms with van der Waals surface area (Å²) in [7, 11) is 0. The Morgan fingerprint density at radius 2 is 1.64 bits per heavy atom. The van der Waals surface area contributed by atoms with E-state index in [1.165, 1.54) is 0 Å². The summed E-state index contributed by atoms with van der Waals surface area (Å²) in [6.45, 7) is 4.10. The summed E-state index contributed by atoms with van der Waals surface area (Å²) in [5.41, 5.74) is 2.27. The lowest BCUT2D eigenvalue weighted by Gasteiger charge is -2.44. The maximum absolute atomic E-state index is 14.2. The minimum atomic E-state index is -0.744. The topological polar surface area (TPSA) is 67.2 Å². The van der Waals surface area contributed by atoms with Crippen LogP contribution in [0.15, 0.2) is 67.0 Å². The zero-order valence-corrected chi connectivity index (χ0v) is 15.8. The Labute approximate surface area is 164 Å². The number of nitrogens with one attached hydrogen (secondary N) is 3. The summed E-state index contributed by atoms with van der Waals surface area (Å²) in [6.07, 6.45) is 3.87. The van der Waals surface area contributed by atoms with Gasteiger partial charge in [0.25, 0.3) is 5.91 Å². The van der Waals surface area contributed by atoms with Crippen LogP contribution >= 0.6 is 0 Å². The van der Waals surface area contributed by atoms with E-state index in [-0.39, 0.29) is 11.8 Å². The first kappa shape index (κ1) is 17.3. The predicted octanol–water partition coefficient (Wildman–Crippen LogP) is 2.27.